The van der Waals surface area contributed by atoms with Crippen molar-refractivity contribution in [3.63, 3.8) is 0 Å². The number of hydrogen-bond donors (Lipinski definition) is 1. The van der Waals surface area contributed by atoms with Crippen molar-refractivity contribution < 1.29 is 9.53 Å². The third-order valence-electron chi connectivity index (χ3n) is 3.05. The van der Waals surface area contributed by atoms with Gasteiger partial charge in [-0.25, -0.2) is 0 Å². The average Bonchev–Trinajstić information content (AvgIpc) is 2.81. The van der Waals surface area contributed by atoms with E-state index in [0.717, 1.165) is 22.9 Å². The second-order valence-electron chi connectivity index (χ2n) is 4.29. The van der Waals surface area contributed by atoms with E-state index in [1.807, 2.05) is 24.3 Å². The van der Waals surface area contributed by atoms with Gasteiger partial charge in [0.1, 0.15) is 6.10 Å². The number of Topliss-reactive ketones (excluding diaryl/α,β-unsaturated/α-hetero) is 1. The van der Waals surface area contributed by atoms with Crippen LogP contribution in [0.5, 0.6) is 0 Å². The van der Waals surface area contributed by atoms with E-state index in [2.05, 4.69) is 15.9 Å². The molecule has 1 saturated heterocycles. The minimum atomic E-state index is -0.268. The van der Waals surface area contributed by atoms with Crippen LogP contribution in [0.25, 0.3) is 0 Å². The zero-order valence-electron chi connectivity index (χ0n) is 9.56. The van der Waals surface area contributed by atoms with Crippen molar-refractivity contribution in [3.05, 3.63) is 34.3 Å². The molecular weight excluding hydrogens is 282 g/mol. The van der Waals surface area contributed by atoms with E-state index < -0.39 is 0 Å². The molecule has 0 aliphatic carbocycles. The highest BCUT2D eigenvalue weighted by Crippen LogP contribution is 2.23. The molecular formula is C13H16BrNO2. The Hall–Kier alpha value is -0.710. The highest BCUT2D eigenvalue weighted by Gasteiger charge is 2.29. The summed E-state index contributed by atoms with van der Waals surface area (Å²) in [6.07, 6.45) is 1.90. The summed E-state index contributed by atoms with van der Waals surface area (Å²) in [5.41, 5.74) is 6.54. The number of ketones is 1. The Labute approximate surface area is 109 Å². The van der Waals surface area contributed by atoms with Crippen molar-refractivity contribution in [2.24, 2.45) is 5.73 Å². The maximum atomic E-state index is 12.0. The van der Waals surface area contributed by atoms with Gasteiger partial charge in [0, 0.05) is 17.4 Å². The number of carbonyl (C=O) groups is 1. The fourth-order valence-corrected chi connectivity index (χ4v) is 2.48. The van der Waals surface area contributed by atoms with Crippen LogP contribution in [0.2, 0.25) is 0 Å². The molecule has 1 aromatic carbocycles. The van der Waals surface area contributed by atoms with Crippen LogP contribution in [0.4, 0.5) is 0 Å². The molecule has 0 spiro atoms. The molecule has 4 heteroatoms. The third kappa shape index (κ3) is 3.15. The van der Waals surface area contributed by atoms with Crippen LogP contribution >= 0.6 is 15.9 Å². The Morgan fingerprint density at radius 1 is 1.41 bits per heavy atom. The van der Waals surface area contributed by atoms with Crippen molar-refractivity contribution >= 4 is 21.7 Å². The monoisotopic (exact) mass is 297 g/mol. The molecule has 2 rings (SSSR count). The SMILES string of the molecule is NCC1CCC(C(=O)Cc2ccccc2Br)O1. The molecule has 17 heavy (non-hydrogen) atoms. The Bertz CT molecular complexity index is 408. The summed E-state index contributed by atoms with van der Waals surface area (Å²) >= 11 is 3.45. The first-order chi connectivity index (χ1) is 8.20. The normalized spacial score (nSPS) is 23.9. The number of halogens is 1. The van der Waals surface area contributed by atoms with E-state index in [-0.39, 0.29) is 18.0 Å². The molecule has 1 aromatic rings. The summed E-state index contributed by atoms with van der Waals surface area (Å²) in [5.74, 6) is 0.146. The molecule has 0 aromatic heterocycles. The van der Waals surface area contributed by atoms with E-state index in [1.54, 1.807) is 0 Å². The fourth-order valence-electron chi connectivity index (χ4n) is 2.06. The van der Waals surface area contributed by atoms with Gasteiger partial charge in [-0.05, 0) is 24.5 Å². The van der Waals surface area contributed by atoms with Gasteiger partial charge < -0.3 is 10.5 Å². The molecule has 0 radical (unpaired) electrons. The molecule has 2 atom stereocenters. The van der Waals surface area contributed by atoms with E-state index in [0.29, 0.717) is 13.0 Å². The van der Waals surface area contributed by atoms with Crippen molar-refractivity contribution in [2.75, 3.05) is 6.54 Å². The number of ether oxygens (including phenoxy) is 1. The van der Waals surface area contributed by atoms with Gasteiger partial charge in [0.25, 0.3) is 0 Å². The van der Waals surface area contributed by atoms with Gasteiger partial charge in [-0.3, -0.25) is 4.79 Å². The van der Waals surface area contributed by atoms with Crippen molar-refractivity contribution in [3.8, 4) is 0 Å². The van der Waals surface area contributed by atoms with Crippen LogP contribution in [-0.2, 0) is 16.0 Å². The fraction of sp³-hybridized carbons (Fsp3) is 0.462. The molecule has 1 heterocycles. The molecule has 0 bridgehead atoms. The largest absolute Gasteiger partial charge is 0.366 e. The number of rotatable bonds is 4. The van der Waals surface area contributed by atoms with Gasteiger partial charge in [-0.2, -0.15) is 0 Å². The molecule has 1 aliphatic heterocycles. The van der Waals surface area contributed by atoms with Gasteiger partial charge >= 0.3 is 0 Å². The Balaban J connectivity index is 1.96. The van der Waals surface area contributed by atoms with E-state index in [9.17, 15) is 4.79 Å². The lowest BCUT2D eigenvalue weighted by molar-refractivity contribution is -0.128. The van der Waals surface area contributed by atoms with Gasteiger partial charge in [0.15, 0.2) is 5.78 Å². The molecule has 3 nitrogen and oxygen atoms in total. The van der Waals surface area contributed by atoms with Gasteiger partial charge in [0.2, 0.25) is 0 Å². The maximum absolute atomic E-state index is 12.0. The highest BCUT2D eigenvalue weighted by atomic mass is 79.9. The summed E-state index contributed by atoms with van der Waals surface area (Å²) in [4.78, 5) is 12.0. The van der Waals surface area contributed by atoms with Crippen LogP contribution < -0.4 is 5.73 Å². The first-order valence-corrected chi connectivity index (χ1v) is 6.61. The number of hydrogen-bond acceptors (Lipinski definition) is 3. The smallest absolute Gasteiger partial charge is 0.165 e. The van der Waals surface area contributed by atoms with Crippen LogP contribution in [-0.4, -0.2) is 24.5 Å². The van der Waals surface area contributed by atoms with Crippen molar-refractivity contribution in [1.82, 2.24) is 0 Å². The lowest BCUT2D eigenvalue weighted by atomic mass is 10.0. The van der Waals surface area contributed by atoms with E-state index in [4.69, 9.17) is 10.5 Å². The maximum Gasteiger partial charge on any atom is 0.165 e. The summed E-state index contributed by atoms with van der Waals surface area (Å²) in [6.45, 7) is 0.499. The zero-order chi connectivity index (χ0) is 12.3. The summed E-state index contributed by atoms with van der Waals surface area (Å²) in [7, 11) is 0. The predicted molar refractivity (Wildman–Crippen MR) is 69.8 cm³/mol. The van der Waals surface area contributed by atoms with Gasteiger partial charge in [-0.15, -0.1) is 0 Å². The first-order valence-electron chi connectivity index (χ1n) is 5.82. The molecule has 1 aliphatic rings. The molecule has 2 unspecified atom stereocenters. The Morgan fingerprint density at radius 2 is 2.18 bits per heavy atom. The number of carbonyl (C=O) groups excluding carboxylic acids is 1. The minimum absolute atomic E-state index is 0.0585. The Kier molecular flexibility index (Phi) is 4.31. The molecule has 1 fully saturated rings. The highest BCUT2D eigenvalue weighted by molar-refractivity contribution is 9.10. The first kappa shape index (κ1) is 12.7. The second-order valence-corrected chi connectivity index (χ2v) is 5.15. The minimum Gasteiger partial charge on any atom is -0.366 e. The summed E-state index contributed by atoms with van der Waals surface area (Å²) in [5, 5.41) is 0. The van der Waals surface area contributed by atoms with E-state index in [1.165, 1.54) is 0 Å². The van der Waals surface area contributed by atoms with Crippen LogP contribution in [0.15, 0.2) is 28.7 Å². The predicted octanol–water partition coefficient (Wildman–Crippen LogP) is 2.07. The van der Waals surface area contributed by atoms with Crippen molar-refractivity contribution in [1.29, 1.82) is 0 Å². The number of nitrogens with two attached hydrogens (primary N) is 1. The van der Waals surface area contributed by atoms with Crippen molar-refractivity contribution in [2.45, 2.75) is 31.5 Å². The summed E-state index contributed by atoms with van der Waals surface area (Å²) < 4.78 is 6.57. The summed E-state index contributed by atoms with van der Waals surface area (Å²) in [6, 6.07) is 7.78. The van der Waals surface area contributed by atoms with Crippen LogP contribution in [0.3, 0.4) is 0 Å². The topological polar surface area (TPSA) is 52.3 Å². The molecule has 92 valence electrons. The standard InChI is InChI=1S/C13H16BrNO2/c14-11-4-2-1-3-9(11)7-12(16)13-6-5-10(8-15)17-13/h1-4,10,13H,5-8,15H2. The zero-order valence-corrected chi connectivity index (χ0v) is 11.2. The quantitative estimate of drug-likeness (QED) is 0.926. The third-order valence-corrected chi connectivity index (χ3v) is 3.83. The number of benzene rings is 1. The van der Waals surface area contributed by atoms with Crippen LogP contribution in [0, 0.1) is 0 Å². The Morgan fingerprint density at radius 3 is 2.82 bits per heavy atom. The second kappa shape index (κ2) is 5.76. The van der Waals surface area contributed by atoms with Gasteiger partial charge in [0.05, 0.1) is 6.10 Å². The molecule has 0 saturated carbocycles. The van der Waals surface area contributed by atoms with Gasteiger partial charge in [-0.1, -0.05) is 34.1 Å². The lowest BCUT2D eigenvalue weighted by Crippen LogP contribution is -2.26. The van der Waals surface area contributed by atoms with E-state index >= 15 is 0 Å². The average molecular weight is 298 g/mol. The molecule has 0 amide bonds. The molecule has 2 N–H and O–H groups in total. The van der Waals surface area contributed by atoms with Crippen LogP contribution in [0.1, 0.15) is 18.4 Å². The lowest BCUT2D eigenvalue weighted by Gasteiger charge is -2.11.